The van der Waals surface area contributed by atoms with E-state index in [-0.39, 0.29) is 41.9 Å². The fourth-order valence-corrected chi connectivity index (χ4v) is 2.73. The molecule has 12 heteroatoms. The van der Waals surface area contributed by atoms with Crippen LogP contribution in [0.3, 0.4) is 0 Å². The lowest BCUT2D eigenvalue weighted by atomic mass is 10.1. The molecule has 0 fully saturated rings. The summed E-state index contributed by atoms with van der Waals surface area (Å²) in [5.41, 5.74) is 1.33. The van der Waals surface area contributed by atoms with Gasteiger partial charge in [-0.25, -0.2) is 13.9 Å². The van der Waals surface area contributed by atoms with Crippen LogP contribution in [-0.4, -0.2) is 42.2 Å². The van der Waals surface area contributed by atoms with Gasteiger partial charge in [0.05, 0.1) is 11.3 Å². The van der Waals surface area contributed by atoms with E-state index in [9.17, 15) is 14.0 Å². The third-order valence-corrected chi connectivity index (χ3v) is 4.34. The van der Waals surface area contributed by atoms with Gasteiger partial charge in [-0.3, -0.25) is 4.79 Å². The smallest absolute Gasteiger partial charge is 0.340 e. The van der Waals surface area contributed by atoms with E-state index in [4.69, 9.17) is 9.26 Å². The number of benzene rings is 2. The van der Waals surface area contributed by atoms with E-state index >= 15 is 0 Å². The molecule has 0 aliphatic carbocycles. The Morgan fingerprint density at radius 2 is 2.06 bits per heavy atom. The summed E-state index contributed by atoms with van der Waals surface area (Å²) in [5, 5.41) is 16.9. The maximum absolute atomic E-state index is 13.8. The zero-order valence-corrected chi connectivity index (χ0v) is 16.7. The summed E-state index contributed by atoms with van der Waals surface area (Å²) in [6, 6.07) is 10.9. The molecule has 0 saturated heterocycles. The molecule has 4 rings (SSSR count). The molecule has 0 radical (unpaired) electrons. The second-order valence-electron chi connectivity index (χ2n) is 6.65. The SMILES string of the molecule is Cc1ccc(-c2noc(COC(=O)c3ccccc3NC(=O)Cn3cnnn3)n2)cc1F. The summed E-state index contributed by atoms with van der Waals surface area (Å²) in [4.78, 5) is 28.8. The molecule has 0 aliphatic heterocycles. The Labute approximate surface area is 180 Å². The molecule has 2 aromatic heterocycles. The Balaban J connectivity index is 1.40. The Morgan fingerprint density at radius 3 is 2.84 bits per heavy atom. The number of hydrogen-bond donors (Lipinski definition) is 1. The molecule has 1 N–H and O–H groups in total. The highest BCUT2D eigenvalue weighted by molar-refractivity contribution is 6.01. The summed E-state index contributed by atoms with van der Waals surface area (Å²) < 4.78 is 25.3. The Bertz CT molecular complexity index is 1260. The predicted octanol–water partition coefficient (Wildman–Crippen LogP) is 2.17. The molecule has 0 atom stereocenters. The van der Waals surface area contributed by atoms with Gasteiger partial charge in [0.25, 0.3) is 5.89 Å². The minimum absolute atomic E-state index is 0.0366. The minimum atomic E-state index is -0.704. The van der Waals surface area contributed by atoms with Crippen molar-refractivity contribution >= 4 is 17.6 Å². The molecule has 0 unspecified atom stereocenters. The topological polar surface area (TPSA) is 138 Å². The highest BCUT2D eigenvalue weighted by atomic mass is 19.1. The summed E-state index contributed by atoms with van der Waals surface area (Å²) in [7, 11) is 0. The van der Waals surface area contributed by atoms with Crippen LogP contribution in [0.1, 0.15) is 21.8 Å². The average Bonchev–Trinajstić information content (AvgIpc) is 3.46. The number of para-hydroxylation sites is 1. The fraction of sp³-hybridized carbons (Fsp3) is 0.150. The van der Waals surface area contributed by atoms with Gasteiger partial charge < -0.3 is 14.6 Å². The summed E-state index contributed by atoms with van der Waals surface area (Å²) in [6.07, 6.45) is 1.30. The van der Waals surface area contributed by atoms with Crippen molar-refractivity contribution in [2.45, 2.75) is 20.1 Å². The maximum Gasteiger partial charge on any atom is 0.340 e. The molecular formula is C20H16FN7O4. The van der Waals surface area contributed by atoms with Crippen molar-refractivity contribution in [3.63, 3.8) is 0 Å². The minimum Gasteiger partial charge on any atom is -0.452 e. The van der Waals surface area contributed by atoms with Crippen molar-refractivity contribution in [3.8, 4) is 11.4 Å². The van der Waals surface area contributed by atoms with Crippen LogP contribution in [0.15, 0.2) is 53.3 Å². The summed E-state index contributed by atoms with van der Waals surface area (Å²) in [6.45, 7) is 1.22. The largest absolute Gasteiger partial charge is 0.452 e. The van der Waals surface area contributed by atoms with Gasteiger partial charge in [0.1, 0.15) is 18.7 Å². The van der Waals surface area contributed by atoms with Crippen molar-refractivity contribution in [3.05, 3.63) is 71.6 Å². The van der Waals surface area contributed by atoms with Crippen molar-refractivity contribution in [2.75, 3.05) is 5.32 Å². The number of ether oxygens (including phenoxy) is 1. The molecule has 0 bridgehead atoms. The first-order valence-electron chi connectivity index (χ1n) is 9.35. The first-order chi connectivity index (χ1) is 15.5. The third-order valence-electron chi connectivity index (χ3n) is 4.34. The third kappa shape index (κ3) is 4.80. The lowest BCUT2D eigenvalue weighted by Crippen LogP contribution is -2.21. The number of halogens is 1. The van der Waals surface area contributed by atoms with Crippen LogP contribution in [0, 0.1) is 12.7 Å². The number of anilines is 1. The van der Waals surface area contributed by atoms with Gasteiger partial charge in [-0.15, -0.1) is 5.10 Å². The van der Waals surface area contributed by atoms with Crippen molar-refractivity contribution in [1.29, 1.82) is 0 Å². The zero-order chi connectivity index (χ0) is 22.5. The average molecular weight is 437 g/mol. The van der Waals surface area contributed by atoms with Gasteiger partial charge in [-0.2, -0.15) is 4.98 Å². The van der Waals surface area contributed by atoms with E-state index in [1.54, 1.807) is 37.3 Å². The highest BCUT2D eigenvalue weighted by Crippen LogP contribution is 2.20. The quantitative estimate of drug-likeness (QED) is 0.431. The van der Waals surface area contributed by atoms with Crippen molar-refractivity contribution in [2.24, 2.45) is 0 Å². The van der Waals surface area contributed by atoms with E-state index in [0.29, 0.717) is 11.1 Å². The van der Waals surface area contributed by atoms with E-state index in [1.165, 1.54) is 23.1 Å². The maximum atomic E-state index is 13.8. The van der Waals surface area contributed by atoms with E-state index in [1.807, 2.05) is 0 Å². The van der Waals surface area contributed by atoms with Crippen molar-refractivity contribution < 1.29 is 23.2 Å². The van der Waals surface area contributed by atoms with Crippen LogP contribution in [-0.2, 0) is 22.7 Å². The fourth-order valence-electron chi connectivity index (χ4n) is 2.73. The number of nitrogens with zero attached hydrogens (tertiary/aromatic N) is 6. The second kappa shape index (κ2) is 9.12. The van der Waals surface area contributed by atoms with Gasteiger partial charge >= 0.3 is 5.97 Å². The number of amides is 1. The molecule has 4 aromatic rings. The Kier molecular flexibility index (Phi) is 5.92. The van der Waals surface area contributed by atoms with Crippen LogP contribution in [0.25, 0.3) is 11.4 Å². The van der Waals surface area contributed by atoms with Crippen LogP contribution >= 0.6 is 0 Å². The molecule has 1 amide bonds. The normalized spacial score (nSPS) is 10.7. The lowest BCUT2D eigenvalue weighted by Gasteiger charge is -2.10. The van der Waals surface area contributed by atoms with Gasteiger partial charge in [-0.1, -0.05) is 29.4 Å². The number of aryl methyl sites for hydroxylation is 1. The van der Waals surface area contributed by atoms with Gasteiger partial charge in [-0.05, 0) is 41.1 Å². The highest BCUT2D eigenvalue weighted by Gasteiger charge is 2.17. The first kappa shape index (κ1) is 20.8. The van der Waals surface area contributed by atoms with Crippen LogP contribution in [0.4, 0.5) is 10.1 Å². The van der Waals surface area contributed by atoms with E-state index in [0.717, 1.165) is 0 Å². The molecule has 0 aliphatic rings. The summed E-state index contributed by atoms with van der Waals surface area (Å²) in [5.74, 6) is -1.31. The number of nitrogens with one attached hydrogen (secondary N) is 1. The number of rotatable bonds is 7. The molecular weight excluding hydrogens is 421 g/mol. The first-order valence-corrected chi connectivity index (χ1v) is 9.35. The molecule has 0 spiro atoms. The van der Waals surface area contributed by atoms with Crippen LogP contribution in [0.5, 0.6) is 0 Å². The standard InChI is InChI=1S/C20H16FN7O4/c1-12-6-7-13(8-15(12)21)19-24-18(32-25-19)10-31-20(30)14-4-2-3-5-16(14)23-17(29)9-28-11-22-26-27-28/h2-8,11H,9-10H2,1H3,(H,23,29). The zero-order valence-electron chi connectivity index (χ0n) is 16.7. The van der Waals surface area contributed by atoms with Crippen LogP contribution < -0.4 is 5.32 Å². The van der Waals surface area contributed by atoms with Crippen molar-refractivity contribution in [1.82, 2.24) is 30.3 Å². The molecule has 11 nitrogen and oxygen atoms in total. The summed E-state index contributed by atoms with van der Waals surface area (Å²) >= 11 is 0. The van der Waals surface area contributed by atoms with Gasteiger partial charge in [0.2, 0.25) is 11.7 Å². The molecule has 2 heterocycles. The van der Waals surface area contributed by atoms with Crippen LogP contribution in [0.2, 0.25) is 0 Å². The number of carbonyl (C=O) groups is 2. The van der Waals surface area contributed by atoms with E-state index < -0.39 is 11.9 Å². The number of esters is 1. The number of aromatic nitrogens is 6. The lowest BCUT2D eigenvalue weighted by molar-refractivity contribution is -0.116. The monoisotopic (exact) mass is 437 g/mol. The molecule has 0 saturated carbocycles. The molecule has 32 heavy (non-hydrogen) atoms. The number of hydrogen-bond acceptors (Lipinski definition) is 9. The number of carbonyl (C=O) groups excluding carboxylic acids is 2. The second-order valence-corrected chi connectivity index (χ2v) is 6.65. The van der Waals surface area contributed by atoms with E-state index in [2.05, 4.69) is 31.0 Å². The van der Waals surface area contributed by atoms with Gasteiger partial charge in [0.15, 0.2) is 6.61 Å². The van der Waals surface area contributed by atoms with Gasteiger partial charge in [0, 0.05) is 5.56 Å². The predicted molar refractivity (Wildman–Crippen MR) is 106 cm³/mol. The number of tetrazole rings is 1. The molecule has 162 valence electrons. The molecule has 2 aromatic carbocycles. The Hall–Kier alpha value is -4.48. The Morgan fingerprint density at radius 1 is 1.22 bits per heavy atom.